The lowest BCUT2D eigenvalue weighted by atomic mass is 9.92. The maximum absolute atomic E-state index is 12.1. The minimum Gasteiger partial charge on any atom is -0.317 e. The van der Waals surface area contributed by atoms with Crippen LogP contribution in [-0.2, 0) is 17.1 Å². The molecule has 1 aliphatic heterocycles. The van der Waals surface area contributed by atoms with E-state index in [2.05, 4.69) is 15.1 Å². The highest BCUT2D eigenvalue weighted by Crippen LogP contribution is 2.18. The van der Waals surface area contributed by atoms with Crippen LogP contribution in [0, 0.1) is 5.92 Å². The largest absolute Gasteiger partial charge is 0.317 e. The van der Waals surface area contributed by atoms with E-state index in [1.807, 2.05) is 6.92 Å². The molecule has 0 bridgehead atoms. The number of rotatable bonds is 4. The van der Waals surface area contributed by atoms with E-state index in [9.17, 15) is 8.42 Å². The predicted octanol–water partition coefficient (Wildman–Crippen LogP) is 0.0865. The monoisotopic (exact) mass is 272 g/mol. The summed E-state index contributed by atoms with van der Waals surface area (Å²) in [6, 6.07) is -0.0442. The molecule has 1 fully saturated rings. The van der Waals surface area contributed by atoms with Crippen molar-refractivity contribution in [3.05, 3.63) is 12.4 Å². The third-order valence-corrected chi connectivity index (χ3v) is 4.94. The van der Waals surface area contributed by atoms with Gasteiger partial charge in [-0.1, -0.05) is 0 Å². The molecule has 18 heavy (non-hydrogen) atoms. The third-order valence-electron chi connectivity index (χ3n) is 3.42. The number of sulfonamides is 1. The number of nitrogens with zero attached hydrogens (tertiary/aromatic N) is 2. The van der Waals surface area contributed by atoms with Crippen molar-refractivity contribution in [1.82, 2.24) is 19.8 Å². The number of hydrogen-bond donors (Lipinski definition) is 2. The van der Waals surface area contributed by atoms with Crippen molar-refractivity contribution < 1.29 is 8.42 Å². The quantitative estimate of drug-likeness (QED) is 0.814. The summed E-state index contributed by atoms with van der Waals surface area (Å²) in [6.07, 6.45) is 4.91. The van der Waals surface area contributed by atoms with Crippen molar-refractivity contribution in [3.63, 3.8) is 0 Å². The van der Waals surface area contributed by atoms with Crippen molar-refractivity contribution in [1.29, 1.82) is 0 Å². The molecule has 0 spiro atoms. The summed E-state index contributed by atoms with van der Waals surface area (Å²) in [5, 5.41) is 7.17. The van der Waals surface area contributed by atoms with Gasteiger partial charge in [-0.2, -0.15) is 5.10 Å². The van der Waals surface area contributed by atoms with E-state index in [1.54, 1.807) is 7.05 Å². The Morgan fingerprint density at radius 2 is 2.17 bits per heavy atom. The lowest BCUT2D eigenvalue weighted by Gasteiger charge is -2.28. The molecule has 1 aromatic heterocycles. The molecule has 1 aliphatic rings. The number of nitrogens with one attached hydrogen (secondary N) is 2. The van der Waals surface area contributed by atoms with Crippen LogP contribution in [0.4, 0.5) is 0 Å². The van der Waals surface area contributed by atoms with Crippen LogP contribution in [0.5, 0.6) is 0 Å². The van der Waals surface area contributed by atoms with Gasteiger partial charge in [0, 0.05) is 19.3 Å². The zero-order valence-corrected chi connectivity index (χ0v) is 11.6. The molecular formula is C11H20N4O2S. The van der Waals surface area contributed by atoms with E-state index in [0.717, 1.165) is 25.9 Å². The number of aryl methyl sites for hydroxylation is 1. The highest BCUT2D eigenvalue weighted by atomic mass is 32.2. The van der Waals surface area contributed by atoms with Gasteiger partial charge >= 0.3 is 0 Å². The molecule has 0 radical (unpaired) electrons. The molecule has 2 N–H and O–H groups in total. The van der Waals surface area contributed by atoms with Crippen molar-refractivity contribution in [3.8, 4) is 0 Å². The van der Waals surface area contributed by atoms with Gasteiger partial charge in [0.25, 0.3) is 0 Å². The van der Waals surface area contributed by atoms with Gasteiger partial charge in [-0.3, -0.25) is 4.68 Å². The highest BCUT2D eigenvalue weighted by molar-refractivity contribution is 7.89. The van der Waals surface area contributed by atoms with Gasteiger partial charge in [0.15, 0.2) is 0 Å². The first-order chi connectivity index (χ1) is 8.49. The Hall–Kier alpha value is -0.920. The van der Waals surface area contributed by atoms with Crippen molar-refractivity contribution in [2.24, 2.45) is 13.0 Å². The number of hydrogen-bond acceptors (Lipinski definition) is 4. The topological polar surface area (TPSA) is 76.0 Å². The summed E-state index contributed by atoms with van der Waals surface area (Å²) in [4.78, 5) is 0.228. The van der Waals surface area contributed by atoms with E-state index in [-0.39, 0.29) is 10.9 Å². The zero-order chi connectivity index (χ0) is 13.2. The normalized spacial score (nSPS) is 19.9. The molecule has 6 nitrogen and oxygen atoms in total. The van der Waals surface area contributed by atoms with Gasteiger partial charge in [-0.25, -0.2) is 13.1 Å². The van der Waals surface area contributed by atoms with Crippen LogP contribution in [0.2, 0.25) is 0 Å². The molecule has 0 saturated carbocycles. The molecule has 102 valence electrons. The van der Waals surface area contributed by atoms with E-state index in [1.165, 1.54) is 17.1 Å². The van der Waals surface area contributed by atoms with E-state index in [0.29, 0.717) is 5.92 Å². The summed E-state index contributed by atoms with van der Waals surface area (Å²) in [5.74, 6) is 0.401. The van der Waals surface area contributed by atoms with Gasteiger partial charge in [0.2, 0.25) is 10.0 Å². The summed E-state index contributed by atoms with van der Waals surface area (Å²) in [7, 11) is -1.74. The molecule has 0 aliphatic carbocycles. The van der Waals surface area contributed by atoms with E-state index in [4.69, 9.17) is 0 Å². The van der Waals surface area contributed by atoms with Crippen LogP contribution in [-0.4, -0.2) is 37.3 Å². The van der Waals surface area contributed by atoms with Gasteiger partial charge in [-0.15, -0.1) is 0 Å². The maximum atomic E-state index is 12.1. The standard InChI is InChI=1S/C11H20N4O2S/c1-9(10-3-5-12-6-4-10)14-18(16,17)11-7-13-15(2)8-11/h7-10,12,14H,3-6H2,1-2H3. The summed E-state index contributed by atoms with van der Waals surface area (Å²) in [5.41, 5.74) is 0. The maximum Gasteiger partial charge on any atom is 0.243 e. The fourth-order valence-electron chi connectivity index (χ4n) is 2.29. The van der Waals surface area contributed by atoms with Gasteiger partial charge in [0.05, 0.1) is 6.20 Å². The van der Waals surface area contributed by atoms with E-state index < -0.39 is 10.0 Å². The van der Waals surface area contributed by atoms with Crippen LogP contribution in [0.15, 0.2) is 17.3 Å². The van der Waals surface area contributed by atoms with Crippen molar-refractivity contribution in [2.75, 3.05) is 13.1 Å². The lowest BCUT2D eigenvalue weighted by Crippen LogP contribution is -2.42. The van der Waals surface area contributed by atoms with Gasteiger partial charge < -0.3 is 5.32 Å². The zero-order valence-electron chi connectivity index (χ0n) is 10.8. The fourth-order valence-corrected chi connectivity index (χ4v) is 3.59. The molecule has 2 rings (SSSR count). The smallest absolute Gasteiger partial charge is 0.243 e. The molecule has 1 unspecified atom stereocenters. The summed E-state index contributed by atoms with van der Waals surface area (Å²) < 4.78 is 28.5. The highest BCUT2D eigenvalue weighted by Gasteiger charge is 2.25. The molecule has 1 aromatic rings. The predicted molar refractivity (Wildman–Crippen MR) is 68.6 cm³/mol. The average Bonchev–Trinajstić information content (AvgIpc) is 2.77. The lowest BCUT2D eigenvalue weighted by molar-refractivity contribution is 0.316. The Labute approximate surface area is 108 Å². The summed E-state index contributed by atoms with van der Waals surface area (Å²) >= 11 is 0. The SMILES string of the molecule is CC(NS(=O)(=O)c1cnn(C)c1)C1CCNCC1. The first-order valence-corrected chi connectivity index (χ1v) is 7.69. The van der Waals surface area contributed by atoms with E-state index >= 15 is 0 Å². The molecular weight excluding hydrogens is 252 g/mol. The first kappa shape index (κ1) is 13.5. The minimum atomic E-state index is -3.44. The summed E-state index contributed by atoms with van der Waals surface area (Å²) in [6.45, 7) is 3.86. The first-order valence-electron chi connectivity index (χ1n) is 6.21. The second-order valence-electron chi connectivity index (χ2n) is 4.85. The van der Waals surface area contributed by atoms with Gasteiger partial charge in [0.1, 0.15) is 4.90 Å². The average molecular weight is 272 g/mol. The minimum absolute atomic E-state index is 0.0442. The second kappa shape index (κ2) is 5.38. The molecule has 0 aromatic carbocycles. The molecule has 0 amide bonds. The Bertz CT molecular complexity index is 491. The van der Waals surface area contributed by atoms with Crippen LogP contribution in [0.1, 0.15) is 19.8 Å². The number of piperidine rings is 1. The van der Waals surface area contributed by atoms with Crippen LogP contribution < -0.4 is 10.0 Å². The molecule has 7 heteroatoms. The van der Waals surface area contributed by atoms with Crippen LogP contribution >= 0.6 is 0 Å². The van der Waals surface area contributed by atoms with Crippen LogP contribution in [0.3, 0.4) is 0 Å². The van der Waals surface area contributed by atoms with Gasteiger partial charge in [-0.05, 0) is 38.8 Å². The van der Waals surface area contributed by atoms with Crippen molar-refractivity contribution in [2.45, 2.75) is 30.7 Å². The van der Waals surface area contributed by atoms with Crippen molar-refractivity contribution >= 4 is 10.0 Å². The molecule has 2 heterocycles. The second-order valence-corrected chi connectivity index (χ2v) is 6.56. The Balaban J connectivity index is 2.03. The number of aromatic nitrogens is 2. The molecule has 1 atom stereocenters. The molecule has 1 saturated heterocycles. The van der Waals surface area contributed by atoms with Crippen LogP contribution in [0.25, 0.3) is 0 Å². The Morgan fingerprint density at radius 1 is 1.50 bits per heavy atom. The Morgan fingerprint density at radius 3 is 2.72 bits per heavy atom. The fraction of sp³-hybridized carbons (Fsp3) is 0.727. The third kappa shape index (κ3) is 3.09. The Kier molecular flexibility index (Phi) is 4.04.